The van der Waals surface area contributed by atoms with E-state index in [1.165, 1.54) is 0 Å². The number of nitrogens with one attached hydrogen (secondary N) is 2. The maximum absolute atomic E-state index is 12.4. The van der Waals surface area contributed by atoms with Crippen LogP contribution in [-0.2, 0) is 25.6 Å². The summed E-state index contributed by atoms with van der Waals surface area (Å²) in [5.41, 5.74) is 5.28. The predicted octanol–water partition coefficient (Wildman–Crippen LogP) is 4.70. The highest BCUT2D eigenvalue weighted by Gasteiger charge is 2.29. The van der Waals surface area contributed by atoms with Crippen LogP contribution in [0.3, 0.4) is 0 Å². The summed E-state index contributed by atoms with van der Waals surface area (Å²) in [7, 11) is 0. The molecule has 0 radical (unpaired) electrons. The van der Waals surface area contributed by atoms with Gasteiger partial charge >= 0.3 is 18.2 Å². The number of carboxylic acid groups (broad SMARTS) is 1. The Morgan fingerprint density at radius 1 is 0.795 bits per heavy atom. The Hall–Kier alpha value is -4.37. The second-order valence-electron chi connectivity index (χ2n) is 9.10. The molecule has 0 saturated heterocycles. The Kier molecular flexibility index (Phi) is 9.91. The summed E-state index contributed by atoms with van der Waals surface area (Å²) in [6.45, 7) is 1.09. The van der Waals surface area contributed by atoms with Gasteiger partial charge in [-0.1, -0.05) is 78.9 Å². The topological polar surface area (TPSA) is 123 Å². The van der Waals surface area contributed by atoms with Crippen molar-refractivity contribution in [1.29, 1.82) is 0 Å². The lowest BCUT2D eigenvalue weighted by molar-refractivity contribution is -0.139. The monoisotopic (exact) mass is 532 g/mol. The lowest BCUT2D eigenvalue weighted by Gasteiger charge is -2.17. The van der Waals surface area contributed by atoms with Gasteiger partial charge in [-0.3, -0.25) is 0 Å². The maximum Gasteiger partial charge on any atom is 0.407 e. The molecule has 0 aromatic heterocycles. The number of ether oxygens (including phenoxy) is 3. The maximum atomic E-state index is 12.4. The Balaban J connectivity index is 1.12. The van der Waals surface area contributed by atoms with Gasteiger partial charge in [-0.2, -0.15) is 0 Å². The Morgan fingerprint density at radius 3 is 2.10 bits per heavy atom. The van der Waals surface area contributed by atoms with E-state index < -0.39 is 24.2 Å². The van der Waals surface area contributed by atoms with Crippen LogP contribution in [-0.4, -0.2) is 55.7 Å². The number of hydrogen-bond donors (Lipinski definition) is 3. The molecule has 3 aromatic carbocycles. The first kappa shape index (κ1) is 27.7. The molecule has 1 aliphatic carbocycles. The molecule has 1 aliphatic rings. The van der Waals surface area contributed by atoms with E-state index in [0.717, 1.165) is 27.8 Å². The molecule has 0 unspecified atom stereocenters. The number of carbonyl (C=O) groups is 3. The molecule has 0 saturated carbocycles. The van der Waals surface area contributed by atoms with Crippen LogP contribution in [0.15, 0.2) is 78.9 Å². The summed E-state index contributed by atoms with van der Waals surface area (Å²) < 4.78 is 16.1. The fourth-order valence-corrected chi connectivity index (χ4v) is 4.48. The lowest BCUT2D eigenvalue weighted by Crippen LogP contribution is -2.42. The molecule has 0 aliphatic heterocycles. The van der Waals surface area contributed by atoms with Gasteiger partial charge in [0.25, 0.3) is 0 Å². The first-order chi connectivity index (χ1) is 19.0. The highest BCUT2D eigenvalue weighted by atomic mass is 16.6. The van der Waals surface area contributed by atoms with Gasteiger partial charge in [-0.05, 0) is 34.2 Å². The van der Waals surface area contributed by atoms with Crippen LogP contribution in [0.25, 0.3) is 11.1 Å². The van der Waals surface area contributed by atoms with Gasteiger partial charge in [-0.15, -0.1) is 0 Å². The van der Waals surface area contributed by atoms with E-state index in [9.17, 15) is 19.5 Å². The molecular weight excluding hydrogens is 500 g/mol. The second kappa shape index (κ2) is 14.0. The highest BCUT2D eigenvalue weighted by Crippen LogP contribution is 2.44. The van der Waals surface area contributed by atoms with Gasteiger partial charge in [0.2, 0.25) is 0 Å². The third-order valence-corrected chi connectivity index (χ3v) is 6.43. The van der Waals surface area contributed by atoms with Gasteiger partial charge in [0, 0.05) is 32.1 Å². The smallest absolute Gasteiger partial charge is 0.407 e. The van der Waals surface area contributed by atoms with E-state index in [-0.39, 0.29) is 32.2 Å². The number of fused-ring (bicyclic) bond motifs is 3. The number of rotatable bonds is 13. The molecule has 9 nitrogen and oxygen atoms in total. The van der Waals surface area contributed by atoms with E-state index in [1.54, 1.807) is 0 Å². The van der Waals surface area contributed by atoms with Gasteiger partial charge in [0.1, 0.15) is 19.3 Å². The summed E-state index contributed by atoms with van der Waals surface area (Å²) in [6, 6.07) is 24.2. The summed E-state index contributed by atoms with van der Waals surface area (Å²) in [5, 5.41) is 14.6. The molecule has 39 heavy (non-hydrogen) atoms. The predicted molar refractivity (Wildman–Crippen MR) is 144 cm³/mol. The molecule has 0 spiro atoms. The summed E-state index contributed by atoms with van der Waals surface area (Å²) in [4.78, 5) is 35.8. The zero-order valence-corrected chi connectivity index (χ0v) is 21.5. The van der Waals surface area contributed by atoms with Crippen molar-refractivity contribution in [2.24, 2.45) is 0 Å². The number of carbonyl (C=O) groups excluding carboxylic acids is 2. The number of alkyl carbamates (subject to hydrolysis) is 2. The second-order valence-corrected chi connectivity index (χ2v) is 9.10. The third kappa shape index (κ3) is 7.81. The lowest BCUT2D eigenvalue weighted by atomic mass is 9.98. The Morgan fingerprint density at radius 2 is 1.44 bits per heavy atom. The van der Waals surface area contributed by atoms with Crippen LogP contribution in [0, 0.1) is 0 Å². The summed E-state index contributed by atoms with van der Waals surface area (Å²) >= 11 is 0. The van der Waals surface area contributed by atoms with Crippen LogP contribution >= 0.6 is 0 Å². The van der Waals surface area contributed by atoms with E-state index in [4.69, 9.17) is 14.2 Å². The normalized spacial score (nSPS) is 12.6. The van der Waals surface area contributed by atoms with Gasteiger partial charge in [0.05, 0.1) is 0 Å². The van der Waals surface area contributed by atoms with Crippen molar-refractivity contribution in [3.8, 4) is 11.1 Å². The van der Waals surface area contributed by atoms with Crippen molar-refractivity contribution in [3.05, 3.63) is 95.6 Å². The number of benzene rings is 3. The quantitative estimate of drug-likeness (QED) is 0.273. The average molecular weight is 533 g/mol. The molecule has 0 fully saturated rings. The van der Waals surface area contributed by atoms with Crippen molar-refractivity contribution in [1.82, 2.24) is 10.6 Å². The van der Waals surface area contributed by atoms with Crippen molar-refractivity contribution < 1.29 is 33.7 Å². The molecule has 204 valence electrons. The molecule has 3 N–H and O–H groups in total. The van der Waals surface area contributed by atoms with Crippen molar-refractivity contribution in [2.75, 3.05) is 26.4 Å². The average Bonchev–Trinajstić information content (AvgIpc) is 3.28. The minimum Gasteiger partial charge on any atom is -0.480 e. The van der Waals surface area contributed by atoms with Gasteiger partial charge < -0.3 is 30.0 Å². The molecule has 3 aromatic rings. The molecular formula is C30H32N2O7. The number of amides is 2. The zero-order valence-electron chi connectivity index (χ0n) is 21.5. The molecule has 0 heterocycles. The molecule has 9 heteroatoms. The number of aliphatic carboxylic acids is 1. The fourth-order valence-electron chi connectivity index (χ4n) is 4.48. The minimum absolute atomic E-state index is 0.0755. The van der Waals surface area contributed by atoms with Crippen molar-refractivity contribution in [2.45, 2.75) is 31.4 Å². The van der Waals surface area contributed by atoms with Gasteiger partial charge in [-0.25, -0.2) is 14.4 Å². The van der Waals surface area contributed by atoms with E-state index in [1.807, 2.05) is 78.9 Å². The van der Waals surface area contributed by atoms with Crippen molar-refractivity contribution in [3.63, 3.8) is 0 Å². The first-order valence-corrected chi connectivity index (χ1v) is 12.9. The van der Waals surface area contributed by atoms with Crippen LogP contribution in [0.2, 0.25) is 0 Å². The zero-order chi connectivity index (χ0) is 27.5. The standard InChI is InChI=1S/C30H32N2O7/c33-28(34)27(15-18-37-17-8-16-31-29(35)38-19-21-9-2-1-3-10-21)32-30(36)39-20-26-24-13-6-4-11-22(24)23-12-5-7-14-25(23)26/h1-7,9-14,26-27H,8,15-20H2,(H,31,35)(H,32,36)(H,33,34)/t27-/m0/s1. The van der Waals surface area contributed by atoms with E-state index >= 15 is 0 Å². The van der Waals surface area contributed by atoms with E-state index in [2.05, 4.69) is 10.6 Å². The number of hydrogen-bond acceptors (Lipinski definition) is 6. The van der Waals surface area contributed by atoms with Crippen molar-refractivity contribution >= 4 is 18.2 Å². The Bertz CT molecular complexity index is 1220. The third-order valence-electron chi connectivity index (χ3n) is 6.43. The van der Waals surface area contributed by atoms with Crippen LogP contribution in [0.1, 0.15) is 35.4 Å². The Labute approximate surface area is 227 Å². The fraction of sp³-hybridized carbons (Fsp3) is 0.300. The molecule has 1 atom stereocenters. The first-order valence-electron chi connectivity index (χ1n) is 12.9. The molecule has 2 amide bonds. The minimum atomic E-state index is -1.17. The van der Waals surface area contributed by atoms with Crippen LogP contribution in [0.5, 0.6) is 0 Å². The van der Waals surface area contributed by atoms with Gasteiger partial charge in [0.15, 0.2) is 0 Å². The highest BCUT2D eigenvalue weighted by molar-refractivity contribution is 5.81. The summed E-state index contributed by atoms with van der Waals surface area (Å²) in [6.07, 6.45) is -0.705. The molecule has 0 bridgehead atoms. The van der Waals surface area contributed by atoms with Crippen LogP contribution < -0.4 is 10.6 Å². The largest absolute Gasteiger partial charge is 0.480 e. The van der Waals surface area contributed by atoms with Crippen LogP contribution in [0.4, 0.5) is 9.59 Å². The van der Waals surface area contributed by atoms with E-state index in [0.29, 0.717) is 19.6 Å². The summed E-state index contributed by atoms with van der Waals surface area (Å²) in [5.74, 6) is -1.28. The molecule has 4 rings (SSSR count). The SMILES string of the molecule is O=C(NCCCOCC[C@H](NC(=O)OCC1c2ccccc2-c2ccccc21)C(=O)O)OCc1ccccc1. The number of carboxylic acids is 1.